The standard InChI is InChI=1S/C29H38F2N4O3/c1-29(2,3)26(34-28(36)25(38-5)13-12-23(32)18-37-4)27-33-24(20-9-7-11-22(31)15-20)17-35(27)16-19-8-6-10-21(30)14-19/h6-11,14-15,17,23,25-26H,12-13,16,18,32H2,1-5H3,(H,34,36)/t23-,25?,26-/m0/s1. The number of amides is 1. The van der Waals surface area contributed by atoms with Gasteiger partial charge in [-0.3, -0.25) is 4.79 Å². The van der Waals surface area contributed by atoms with Gasteiger partial charge in [0.15, 0.2) is 0 Å². The third-order valence-electron chi connectivity index (χ3n) is 6.34. The highest BCUT2D eigenvalue weighted by Gasteiger charge is 2.34. The van der Waals surface area contributed by atoms with Gasteiger partial charge in [-0.1, -0.05) is 45.0 Å². The molecule has 0 aliphatic carbocycles. The number of imidazole rings is 1. The molecule has 2 aromatic carbocycles. The van der Waals surface area contributed by atoms with Crippen LogP contribution in [0.1, 0.15) is 51.0 Å². The number of hydrogen-bond donors (Lipinski definition) is 2. The highest BCUT2D eigenvalue weighted by atomic mass is 19.1. The summed E-state index contributed by atoms with van der Waals surface area (Å²) in [5.41, 5.74) is 7.47. The SMILES string of the molecule is COC[C@@H](N)CCC(OC)C(=O)N[C@@H](c1nc(-c2cccc(F)c2)cn1Cc1cccc(F)c1)C(C)(C)C. The first kappa shape index (κ1) is 29.4. The summed E-state index contributed by atoms with van der Waals surface area (Å²) in [6.45, 7) is 6.70. The number of carbonyl (C=O) groups is 1. The summed E-state index contributed by atoms with van der Waals surface area (Å²) in [7, 11) is 3.07. The average Bonchev–Trinajstić information content (AvgIpc) is 3.25. The van der Waals surface area contributed by atoms with E-state index < -0.39 is 17.6 Å². The van der Waals surface area contributed by atoms with Gasteiger partial charge in [-0.2, -0.15) is 0 Å². The first-order chi connectivity index (χ1) is 18.0. The summed E-state index contributed by atoms with van der Waals surface area (Å²) in [6, 6.07) is 11.8. The zero-order valence-corrected chi connectivity index (χ0v) is 22.7. The Labute approximate surface area is 223 Å². The number of halogens is 2. The normalized spacial score (nSPS) is 14.2. The molecule has 0 bridgehead atoms. The number of methoxy groups -OCH3 is 2. The van der Waals surface area contributed by atoms with Crippen molar-refractivity contribution in [2.45, 2.75) is 58.3 Å². The minimum atomic E-state index is -0.711. The topological polar surface area (TPSA) is 91.4 Å². The van der Waals surface area contributed by atoms with Crippen molar-refractivity contribution < 1.29 is 23.0 Å². The predicted molar refractivity (Wildman–Crippen MR) is 143 cm³/mol. The van der Waals surface area contributed by atoms with E-state index in [2.05, 4.69) is 5.32 Å². The molecule has 1 unspecified atom stereocenters. The number of benzene rings is 2. The monoisotopic (exact) mass is 528 g/mol. The minimum Gasteiger partial charge on any atom is -0.383 e. The Morgan fingerprint density at radius 1 is 1.08 bits per heavy atom. The number of aromatic nitrogens is 2. The summed E-state index contributed by atoms with van der Waals surface area (Å²) < 4.78 is 40.4. The maximum atomic E-state index is 14.0. The lowest BCUT2D eigenvalue weighted by molar-refractivity contribution is -0.133. The quantitative estimate of drug-likeness (QED) is 0.351. The molecule has 3 N–H and O–H groups in total. The molecular weight excluding hydrogens is 490 g/mol. The number of nitrogens with two attached hydrogens (primary N) is 1. The molecule has 0 aliphatic heterocycles. The highest BCUT2D eigenvalue weighted by molar-refractivity contribution is 5.81. The van der Waals surface area contributed by atoms with Gasteiger partial charge in [0.25, 0.3) is 0 Å². The van der Waals surface area contributed by atoms with Crippen LogP contribution >= 0.6 is 0 Å². The Morgan fingerprint density at radius 3 is 2.37 bits per heavy atom. The van der Waals surface area contributed by atoms with E-state index in [4.69, 9.17) is 20.2 Å². The second-order valence-electron chi connectivity index (χ2n) is 10.6. The number of nitrogens with one attached hydrogen (secondary N) is 1. The molecule has 1 heterocycles. The molecule has 1 amide bonds. The second kappa shape index (κ2) is 13.1. The van der Waals surface area contributed by atoms with E-state index in [1.807, 2.05) is 31.4 Å². The van der Waals surface area contributed by atoms with Crippen molar-refractivity contribution in [3.8, 4) is 11.3 Å². The van der Waals surface area contributed by atoms with Crippen LogP contribution in [0.2, 0.25) is 0 Å². The third kappa shape index (κ3) is 7.93. The number of ether oxygens (including phenoxy) is 2. The first-order valence-electron chi connectivity index (χ1n) is 12.7. The molecule has 1 aromatic heterocycles. The number of carbonyl (C=O) groups excluding carboxylic acids is 1. The van der Waals surface area contributed by atoms with Gasteiger partial charge >= 0.3 is 0 Å². The highest BCUT2D eigenvalue weighted by Crippen LogP contribution is 2.34. The fraction of sp³-hybridized carbons (Fsp3) is 0.448. The molecule has 0 spiro atoms. The Bertz CT molecular complexity index is 1210. The van der Waals surface area contributed by atoms with Gasteiger partial charge in [-0.15, -0.1) is 0 Å². The minimum absolute atomic E-state index is 0.206. The van der Waals surface area contributed by atoms with Crippen LogP contribution < -0.4 is 11.1 Å². The van der Waals surface area contributed by atoms with Crippen LogP contribution in [0.25, 0.3) is 11.3 Å². The molecule has 7 nitrogen and oxygen atoms in total. The smallest absolute Gasteiger partial charge is 0.249 e. The van der Waals surface area contributed by atoms with E-state index in [9.17, 15) is 13.6 Å². The lowest BCUT2D eigenvalue weighted by Crippen LogP contribution is -2.44. The number of hydrogen-bond acceptors (Lipinski definition) is 5. The fourth-order valence-corrected chi connectivity index (χ4v) is 4.33. The van der Waals surface area contributed by atoms with Gasteiger partial charge in [0.1, 0.15) is 23.6 Å². The summed E-state index contributed by atoms with van der Waals surface area (Å²) in [5.74, 6) is -0.436. The van der Waals surface area contributed by atoms with Crippen LogP contribution in [-0.2, 0) is 20.8 Å². The second-order valence-corrected chi connectivity index (χ2v) is 10.6. The lowest BCUT2D eigenvalue weighted by atomic mass is 9.85. The molecule has 0 aliphatic rings. The summed E-state index contributed by atoms with van der Waals surface area (Å²) in [4.78, 5) is 18.2. The van der Waals surface area contributed by atoms with Gasteiger partial charge < -0.3 is 25.1 Å². The zero-order valence-electron chi connectivity index (χ0n) is 22.7. The first-order valence-corrected chi connectivity index (χ1v) is 12.7. The van der Waals surface area contributed by atoms with Crippen molar-refractivity contribution in [1.82, 2.24) is 14.9 Å². The maximum Gasteiger partial charge on any atom is 0.249 e. The average molecular weight is 529 g/mol. The summed E-state index contributed by atoms with van der Waals surface area (Å²) in [5, 5.41) is 3.13. The van der Waals surface area contributed by atoms with Crippen molar-refractivity contribution in [2.24, 2.45) is 11.1 Å². The Hall–Kier alpha value is -3.14. The zero-order chi connectivity index (χ0) is 27.9. The van der Waals surface area contributed by atoms with Gasteiger partial charge in [0, 0.05) is 38.6 Å². The van der Waals surface area contributed by atoms with E-state index in [0.717, 1.165) is 5.56 Å². The molecule has 3 rings (SSSR count). The molecule has 3 atom stereocenters. The van der Waals surface area contributed by atoms with Crippen molar-refractivity contribution >= 4 is 5.91 Å². The van der Waals surface area contributed by atoms with E-state index in [1.54, 1.807) is 31.5 Å². The van der Waals surface area contributed by atoms with Crippen LogP contribution in [0.3, 0.4) is 0 Å². The van der Waals surface area contributed by atoms with Gasteiger partial charge in [0.05, 0.1) is 18.3 Å². The van der Waals surface area contributed by atoms with Crippen LogP contribution in [-0.4, -0.2) is 48.4 Å². The van der Waals surface area contributed by atoms with E-state index in [0.29, 0.717) is 43.1 Å². The van der Waals surface area contributed by atoms with Crippen LogP contribution in [0.15, 0.2) is 54.7 Å². The van der Waals surface area contributed by atoms with Crippen LogP contribution in [0, 0.1) is 17.0 Å². The third-order valence-corrected chi connectivity index (χ3v) is 6.34. The molecule has 9 heteroatoms. The van der Waals surface area contributed by atoms with Crippen molar-refractivity contribution in [3.05, 3.63) is 77.8 Å². The molecule has 0 saturated carbocycles. The van der Waals surface area contributed by atoms with Gasteiger partial charge in [-0.25, -0.2) is 13.8 Å². The van der Waals surface area contributed by atoms with E-state index in [-0.39, 0.29) is 23.6 Å². The fourth-order valence-electron chi connectivity index (χ4n) is 4.33. The molecule has 0 fully saturated rings. The Kier molecular flexibility index (Phi) is 10.1. The Balaban J connectivity index is 1.98. The van der Waals surface area contributed by atoms with Crippen molar-refractivity contribution in [3.63, 3.8) is 0 Å². The van der Waals surface area contributed by atoms with Crippen molar-refractivity contribution in [2.75, 3.05) is 20.8 Å². The number of rotatable bonds is 12. The molecule has 3 aromatic rings. The van der Waals surface area contributed by atoms with Gasteiger partial charge in [0.2, 0.25) is 5.91 Å². The van der Waals surface area contributed by atoms with Crippen LogP contribution in [0.5, 0.6) is 0 Å². The molecule has 0 radical (unpaired) electrons. The molecule has 206 valence electrons. The van der Waals surface area contributed by atoms with Crippen LogP contribution in [0.4, 0.5) is 8.78 Å². The van der Waals surface area contributed by atoms with Gasteiger partial charge in [-0.05, 0) is 48.1 Å². The van der Waals surface area contributed by atoms with E-state index in [1.165, 1.54) is 31.4 Å². The van der Waals surface area contributed by atoms with Crippen molar-refractivity contribution in [1.29, 1.82) is 0 Å². The van der Waals surface area contributed by atoms with E-state index >= 15 is 0 Å². The predicted octanol–water partition coefficient (Wildman–Crippen LogP) is 4.85. The molecular formula is C29H38F2N4O3. The lowest BCUT2D eigenvalue weighted by Gasteiger charge is -2.32. The Morgan fingerprint density at radius 2 is 1.76 bits per heavy atom. The maximum absolute atomic E-state index is 14.0. The summed E-state index contributed by atoms with van der Waals surface area (Å²) in [6.07, 6.45) is 2.07. The molecule has 0 saturated heterocycles. The number of nitrogens with zero attached hydrogens (tertiary/aromatic N) is 2. The molecule has 38 heavy (non-hydrogen) atoms. The largest absolute Gasteiger partial charge is 0.383 e. The summed E-state index contributed by atoms with van der Waals surface area (Å²) >= 11 is 0.